The molecule has 0 spiro atoms. The van der Waals surface area contributed by atoms with Gasteiger partial charge in [-0.15, -0.1) is 0 Å². The van der Waals surface area contributed by atoms with Crippen LogP contribution in [0.2, 0.25) is 0 Å². The Labute approximate surface area is 100 Å². The molecule has 5 heteroatoms. The average molecular weight is 238 g/mol. The summed E-state index contributed by atoms with van der Waals surface area (Å²) in [4.78, 5) is 4.39. The molecule has 94 valence electrons. The van der Waals surface area contributed by atoms with Gasteiger partial charge < -0.3 is 14.4 Å². The van der Waals surface area contributed by atoms with Gasteiger partial charge in [0, 0.05) is 19.1 Å². The van der Waals surface area contributed by atoms with Crippen LogP contribution in [0.4, 0.5) is 0 Å². The molecule has 17 heavy (non-hydrogen) atoms. The molecule has 1 aromatic heterocycles. The van der Waals surface area contributed by atoms with Crippen molar-refractivity contribution in [2.45, 2.75) is 44.1 Å². The fourth-order valence-corrected chi connectivity index (χ4v) is 2.30. The zero-order valence-corrected chi connectivity index (χ0v) is 9.84. The monoisotopic (exact) mass is 238 g/mol. The van der Waals surface area contributed by atoms with E-state index in [0.717, 1.165) is 44.7 Å². The van der Waals surface area contributed by atoms with Crippen LogP contribution in [0.3, 0.4) is 0 Å². The number of aliphatic hydroxyl groups excluding tert-OH is 1. The lowest BCUT2D eigenvalue weighted by atomic mass is 10.00. The molecule has 1 N–H and O–H groups in total. The summed E-state index contributed by atoms with van der Waals surface area (Å²) in [6.07, 6.45) is 4.37. The van der Waals surface area contributed by atoms with Gasteiger partial charge in [0.1, 0.15) is 0 Å². The number of nitrogens with zero attached hydrogens (tertiary/aromatic N) is 2. The van der Waals surface area contributed by atoms with E-state index in [-0.39, 0.29) is 6.10 Å². The Morgan fingerprint density at radius 2 is 2.00 bits per heavy atom. The predicted molar refractivity (Wildman–Crippen MR) is 59.5 cm³/mol. The molecule has 0 amide bonds. The molecule has 2 aliphatic rings. The minimum absolute atomic E-state index is 0.307. The van der Waals surface area contributed by atoms with Gasteiger partial charge in [0.15, 0.2) is 5.82 Å². The lowest BCUT2D eigenvalue weighted by Crippen LogP contribution is -2.16. The molecular weight excluding hydrogens is 220 g/mol. The van der Waals surface area contributed by atoms with E-state index in [0.29, 0.717) is 24.1 Å². The fraction of sp³-hybridized carbons (Fsp3) is 0.833. The molecule has 2 heterocycles. The van der Waals surface area contributed by atoms with Crippen molar-refractivity contribution < 1.29 is 14.4 Å². The third-order valence-corrected chi connectivity index (χ3v) is 3.62. The summed E-state index contributed by atoms with van der Waals surface area (Å²) in [6.45, 7) is 1.55. The molecule has 1 aliphatic carbocycles. The van der Waals surface area contributed by atoms with Crippen molar-refractivity contribution >= 4 is 0 Å². The Morgan fingerprint density at radius 3 is 2.71 bits per heavy atom. The van der Waals surface area contributed by atoms with Gasteiger partial charge in [0.25, 0.3) is 0 Å². The van der Waals surface area contributed by atoms with Gasteiger partial charge in [-0.25, -0.2) is 0 Å². The first-order valence-electron chi connectivity index (χ1n) is 6.41. The topological polar surface area (TPSA) is 68.4 Å². The minimum atomic E-state index is -0.307. The van der Waals surface area contributed by atoms with Crippen molar-refractivity contribution in [1.82, 2.24) is 10.1 Å². The van der Waals surface area contributed by atoms with Crippen LogP contribution in [0.5, 0.6) is 0 Å². The molecule has 0 radical (unpaired) electrons. The van der Waals surface area contributed by atoms with Crippen LogP contribution < -0.4 is 0 Å². The number of rotatable bonds is 4. The second kappa shape index (κ2) is 4.74. The molecular formula is C12H18N2O3. The van der Waals surface area contributed by atoms with Crippen LogP contribution in [0, 0.1) is 5.92 Å². The van der Waals surface area contributed by atoms with E-state index in [4.69, 9.17) is 9.26 Å². The maximum Gasteiger partial charge on any atom is 0.229 e. The largest absolute Gasteiger partial charge is 0.392 e. The molecule has 0 aromatic carbocycles. The van der Waals surface area contributed by atoms with Crippen molar-refractivity contribution in [3.63, 3.8) is 0 Å². The maximum atomic E-state index is 9.81. The third kappa shape index (κ3) is 2.66. The van der Waals surface area contributed by atoms with E-state index >= 15 is 0 Å². The summed E-state index contributed by atoms with van der Waals surface area (Å²) >= 11 is 0. The molecule has 1 saturated heterocycles. The van der Waals surface area contributed by atoms with Gasteiger partial charge >= 0.3 is 0 Å². The SMILES string of the molecule is OC(Cc1nc(C2CCOCC2)no1)C1CC1. The predicted octanol–water partition coefficient (Wildman–Crippen LogP) is 1.28. The summed E-state index contributed by atoms with van der Waals surface area (Å²) in [6, 6.07) is 0. The van der Waals surface area contributed by atoms with E-state index in [9.17, 15) is 5.11 Å². The first-order valence-corrected chi connectivity index (χ1v) is 6.41. The van der Waals surface area contributed by atoms with E-state index in [1.807, 2.05) is 0 Å². The Morgan fingerprint density at radius 1 is 1.24 bits per heavy atom. The maximum absolute atomic E-state index is 9.81. The summed E-state index contributed by atoms with van der Waals surface area (Å²) in [5.41, 5.74) is 0. The first-order chi connectivity index (χ1) is 8.33. The van der Waals surface area contributed by atoms with Crippen LogP contribution in [0.25, 0.3) is 0 Å². The number of hydrogen-bond donors (Lipinski definition) is 1. The highest BCUT2D eigenvalue weighted by atomic mass is 16.5. The fourth-order valence-electron chi connectivity index (χ4n) is 2.30. The number of hydrogen-bond acceptors (Lipinski definition) is 5. The normalized spacial score (nSPS) is 23.8. The quantitative estimate of drug-likeness (QED) is 0.855. The summed E-state index contributed by atoms with van der Waals surface area (Å²) < 4.78 is 10.5. The van der Waals surface area contributed by atoms with Crippen molar-refractivity contribution in [2.75, 3.05) is 13.2 Å². The first kappa shape index (κ1) is 11.2. The second-order valence-corrected chi connectivity index (χ2v) is 5.04. The van der Waals surface area contributed by atoms with Crippen LogP contribution in [0.1, 0.15) is 43.3 Å². The Balaban J connectivity index is 1.60. The van der Waals surface area contributed by atoms with Gasteiger partial charge in [-0.1, -0.05) is 5.16 Å². The lowest BCUT2D eigenvalue weighted by molar-refractivity contribution is 0.0830. The second-order valence-electron chi connectivity index (χ2n) is 5.04. The van der Waals surface area contributed by atoms with Gasteiger partial charge in [-0.2, -0.15) is 4.98 Å². The zero-order chi connectivity index (χ0) is 11.7. The standard InChI is InChI=1S/C12H18N2O3/c15-10(8-1-2-8)7-11-13-12(14-17-11)9-3-5-16-6-4-9/h8-10,15H,1-7H2. The van der Waals surface area contributed by atoms with Crippen molar-refractivity contribution in [3.05, 3.63) is 11.7 Å². The minimum Gasteiger partial charge on any atom is -0.392 e. The summed E-state index contributed by atoms with van der Waals surface area (Å²) in [5, 5.41) is 13.8. The molecule has 1 atom stereocenters. The van der Waals surface area contributed by atoms with Crippen LogP contribution in [-0.4, -0.2) is 34.6 Å². The van der Waals surface area contributed by atoms with E-state index in [2.05, 4.69) is 10.1 Å². The third-order valence-electron chi connectivity index (χ3n) is 3.62. The molecule has 1 saturated carbocycles. The number of ether oxygens (including phenoxy) is 1. The van der Waals surface area contributed by atoms with Crippen LogP contribution in [0.15, 0.2) is 4.52 Å². The van der Waals surface area contributed by atoms with E-state index in [1.165, 1.54) is 0 Å². The molecule has 5 nitrogen and oxygen atoms in total. The molecule has 3 rings (SSSR count). The van der Waals surface area contributed by atoms with Crippen LogP contribution >= 0.6 is 0 Å². The van der Waals surface area contributed by atoms with Crippen molar-refractivity contribution in [1.29, 1.82) is 0 Å². The molecule has 0 bridgehead atoms. The lowest BCUT2D eigenvalue weighted by Gasteiger charge is -2.18. The highest BCUT2D eigenvalue weighted by Crippen LogP contribution is 2.34. The Hall–Kier alpha value is -0.940. The van der Waals surface area contributed by atoms with Crippen LogP contribution in [-0.2, 0) is 11.2 Å². The van der Waals surface area contributed by atoms with E-state index in [1.54, 1.807) is 0 Å². The van der Waals surface area contributed by atoms with Crippen molar-refractivity contribution in [3.8, 4) is 0 Å². The molecule has 1 aliphatic heterocycles. The summed E-state index contributed by atoms with van der Waals surface area (Å²) in [5.74, 6) is 2.17. The zero-order valence-electron chi connectivity index (χ0n) is 9.84. The van der Waals surface area contributed by atoms with Gasteiger partial charge in [0.05, 0.1) is 12.5 Å². The van der Waals surface area contributed by atoms with Gasteiger partial charge in [0.2, 0.25) is 5.89 Å². The van der Waals surface area contributed by atoms with Crippen molar-refractivity contribution in [2.24, 2.45) is 5.92 Å². The average Bonchev–Trinajstić information content (AvgIpc) is 3.12. The molecule has 1 unspecified atom stereocenters. The molecule has 2 fully saturated rings. The van der Waals surface area contributed by atoms with E-state index < -0.39 is 0 Å². The molecule has 1 aromatic rings. The highest BCUT2D eigenvalue weighted by molar-refractivity contribution is 4.98. The van der Waals surface area contributed by atoms with Gasteiger partial charge in [-0.3, -0.25) is 0 Å². The number of aliphatic hydroxyl groups is 1. The highest BCUT2D eigenvalue weighted by Gasteiger charge is 2.31. The Bertz CT molecular complexity index is 370. The summed E-state index contributed by atoms with van der Waals surface area (Å²) in [7, 11) is 0. The smallest absolute Gasteiger partial charge is 0.229 e. The number of aromatic nitrogens is 2. The Kier molecular flexibility index (Phi) is 3.11. The van der Waals surface area contributed by atoms with Gasteiger partial charge in [-0.05, 0) is 31.6 Å².